The molecule has 2 heterocycles. The second kappa shape index (κ2) is 9.86. The minimum Gasteiger partial charge on any atom is -0.469 e. The van der Waals surface area contributed by atoms with Gasteiger partial charge in [-0.15, -0.1) is 10.2 Å². The number of aliphatic hydroxyl groups is 1. The minimum atomic E-state index is -0.646. The maximum Gasteiger partial charge on any atom is 0.274 e. The van der Waals surface area contributed by atoms with Gasteiger partial charge >= 0.3 is 0 Å². The Bertz CT molecular complexity index is 1230. The Balaban J connectivity index is 1.66. The van der Waals surface area contributed by atoms with Crippen molar-refractivity contribution in [2.24, 2.45) is 0 Å². The molecule has 1 amide bonds. The topological polar surface area (TPSA) is 127 Å². The maximum absolute atomic E-state index is 13.1. The van der Waals surface area contributed by atoms with Gasteiger partial charge in [0.2, 0.25) is 5.88 Å². The van der Waals surface area contributed by atoms with Crippen molar-refractivity contribution in [1.29, 1.82) is 0 Å². The summed E-state index contributed by atoms with van der Waals surface area (Å²) < 4.78 is 5.39. The predicted molar refractivity (Wildman–Crippen MR) is 118 cm³/mol. The Hall–Kier alpha value is -4.02. The van der Waals surface area contributed by atoms with Gasteiger partial charge in [0.05, 0.1) is 5.69 Å². The molecule has 9 nitrogen and oxygen atoms in total. The van der Waals surface area contributed by atoms with Crippen LogP contribution < -0.4 is 10.1 Å². The molecule has 32 heavy (non-hydrogen) atoms. The van der Waals surface area contributed by atoms with Gasteiger partial charge in [0.1, 0.15) is 22.8 Å². The van der Waals surface area contributed by atoms with Gasteiger partial charge in [-0.3, -0.25) is 9.59 Å². The normalized spacial score (nSPS) is 10.5. The first kappa shape index (κ1) is 21.2. The van der Waals surface area contributed by atoms with Crippen LogP contribution in [-0.4, -0.2) is 50.2 Å². The van der Waals surface area contributed by atoms with Crippen molar-refractivity contribution < 1.29 is 19.4 Å². The van der Waals surface area contributed by atoms with Crippen molar-refractivity contribution in [2.75, 3.05) is 18.5 Å². The zero-order valence-corrected chi connectivity index (χ0v) is 17.5. The molecule has 160 valence electrons. The number of aliphatic hydroxyl groups excluding tert-OH is 1. The summed E-state index contributed by atoms with van der Waals surface area (Å²) in [5, 5.41) is 20.3. The number of hydrogen-bond donors (Lipinski definition) is 2. The van der Waals surface area contributed by atoms with Crippen LogP contribution in [0.4, 0.5) is 5.69 Å². The number of ether oxygens (including phenoxy) is 1. The highest BCUT2D eigenvalue weighted by Crippen LogP contribution is 2.29. The van der Waals surface area contributed by atoms with Gasteiger partial charge in [0.15, 0.2) is 18.2 Å². The number of benzene rings is 2. The van der Waals surface area contributed by atoms with Crippen LogP contribution in [0, 0.1) is 0 Å². The molecule has 0 saturated carbocycles. The molecule has 0 fully saturated rings. The van der Waals surface area contributed by atoms with Crippen LogP contribution in [-0.2, 0) is 4.79 Å². The molecule has 0 aliphatic heterocycles. The van der Waals surface area contributed by atoms with Gasteiger partial charge in [-0.1, -0.05) is 53.8 Å². The molecule has 0 radical (unpaired) electrons. The lowest BCUT2D eigenvalue weighted by Crippen LogP contribution is -2.18. The van der Waals surface area contributed by atoms with E-state index >= 15 is 0 Å². The third-order valence-corrected chi connectivity index (χ3v) is 5.01. The predicted octanol–water partition coefficient (Wildman–Crippen LogP) is 2.85. The number of rotatable bonds is 8. The average Bonchev–Trinajstić information content (AvgIpc) is 3.38. The van der Waals surface area contributed by atoms with Crippen molar-refractivity contribution >= 4 is 28.7 Å². The van der Waals surface area contributed by atoms with Gasteiger partial charge in [0.25, 0.3) is 5.91 Å². The molecule has 2 aromatic carbocycles. The molecule has 0 aliphatic rings. The van der Waals surface area contributed by atoms with Gasteiger partial charge in [-0.25, -0.2) is 4.98 Å². The van der Waals surface area contributed by atoms with Crippen molar-refractivity contribution in [3.8, 4) is 27.8 Å². The van der Waals surface area contributed by atoms with Crippen molar-refractivity contribution in [3.63, 3.8) is 0 Å². The van der Waals surface area contributed by atoms with E-state index in [2.05, 4.69) is 25.5 Å². The molecule has 10 heteroatoms. The third-order valence-electron chi connectivity index (χ3n) is 4.29. The number of para-hydroxylation sites is 1. The lowest BCUT2D eigenvalue weighted by molar-refractivity contribution is -0.123. The van der Waals surface area contributed by atoms with Crippen LogP contribution >= 0.6 is 11.3 Å². The number of Topliss-reactive ketones (excluding diaryl/α,β-unsaturated/α-hetero) is 1. The highest BCUT2D eigenvalue weighted by Gasteiger charge is 2.17. The van der Waals surface area contributed by atoms with E-state index in [9.17, 15) is 9.59 Å². The van der Waals surface area contributed by atoms with E-state index in [0.29, 0.717) is 16.3 Å². The summed E-state index contributed by atoms with van der Waals surface area (Å²) in [6, 6.07) is 17.7. The van der Waals surface area contributed by atoms with Crippen LogP contribution in [0.25, 0.3) is 22.0 Å². The molecule has 0 atom stereocenters. The van der Waals surface area contributed by atoms with Crippen molar-refractivity contribution in [1.82, 2.24) is 20.2 Å². The first-order chi connectivity index (χ1) is 15.6. The maximum atomic E-state index is 13.1. The smallest absolute Gasteiger partial charge is 0.274 e. The molecule has 2 N–H and O–H groups in total. The van der Waals surface area contributed by atoms with Gasteiger partial charge in [-0.2, -0.15) is 4.98 Å². The number of nitrogens with one attached hydrogen (secondary N) is 1. The fourth-order valence-electron chi connectivity index (χ4n) is 2.79. The molecule has 0 aliphatic carbocycles. The van der Waals surface area contributed by atoms with E-state index in [1.54, 1.807) is 29.8 Å². The number of anilines is 1. The Morgan fingerprint density at radius 1 is 1.03 bits per heavy atom. The van der Waals surface area contributed by atoms with E-state index in [1.807, 2.05) is 30.3 Å². The minimum absolute atomic E-state index is 0.0446. The monoisotopic (exact) mass is 447 g/mol. The summed E-state index contributed by atoms with van der Waals surface area (Å²) in [7, 11) is 0. The number of carbonyl (C=O) groups excluding carboxylic acids is 2. The molecule has 2 aromatic heterocycles. The van der Waals surface area contributed by atoms with Gasteiger partial charge in [-0.05, 0) is 12.1 Å². The first-order valence-corrected chi connectivity index (χ1v) is 10.4. The largest absolute Gasteiger partial charge is 0.469 e. The van der Waals surface area contributed by atoms with Crippen LogP contribution in [0.3, 0.4) is 0 Å². The fourth-order valence-corrected chi connectivity index (χ4v) is 3.38. The zero-order chi connectivity index (χ0) is 22.3. The molecular formula is C22H17N5O4S. The number of nitrogens with zero attached hydrogens (tertiary/aromatic N) is 4. The van der Waals surface area contributed by atoms with Gasteiger partial charge in [0, 0.05) is 17.2 Å². The lowest BCUT2D eigenvalue weighted by atomic mass is 10.2. The summed E-state index contributed by atoms with van der Waals surface area (Å²) in [4.78, 5) is 33.2. The molecule has 0 bridgehead atoms. The molecule has 0 unspecified atom stereocenters. The van der Waals surface area contributed by atoms with E-state index in [1.165, 1.54) is 17.4 Å². The van der Waals surface area contributed by atoms with E-state index in [-0.39, 0.29) is 24.0 Å². The Morgan fingerprint density at radius 2 is 1.81 bits per heavy atom. The van der Waals surface area contributed by atoms with E-state index in [0.717, 1.165) is 5.56 Å². The Morgan fingerprint density at radius 3 is 2.56 bits per heavy atom. The number of ketones is 1. The standard InChI is InChI=1S/C22H17N5O4S/c28-11-15(29)12-31-19-10-18(24-20(26-19)14-6-2-1-3-7-14)21(30)25-17-9-5-4-8-16(17)22-27-23-13-32-22/h1-10,13,28H,11-12H2,(H,25,30). The van der Waals surface area contributed by atoms with Crippen LogP contribution in [0.1, 0.15) is 10.5 Å². The first-order valence-electron chi connectivity index (χ1n) is 9.51. The second-order valence-electron chi connectivity index (χ2n) is 6.51. The molecular weight excluding hydrogens is 430 g/mol. The average molecular weight is 447 g/mol. The molecule has 4 aromatic rings. The summed E-state index contributed by atoms with van der Waals surface area (Å²) in [6.45, 7) is -1.02. The zero-order valence-electron chi connectivity index (χ0n) is 16.6. The number of carbonyl (C=O) groups is 2. The Labute approximate surface area is 186 Å². The van der Waals surface area contributed by atoms with Gasteiger partial charge < -0.3 is 15.2 Å². The second-order valence-corrected chi connectivity index (χ2v) is 7.34. The molecule has 0 spiro atoms. The molecule has 4 rings (SSSR count). The van der Waals surface area contributed by atoms with Crippen LogP contribution in [0.15, 0.2) is 66.2 Å². The SMILES string of the molecule is O=C(CO)COc1cc(C(=O)Nc2ccccc2-c2nncs2)nc(-c2ccccc2)n1. The summed E-state index contributed by atoms with van der Waals surface area (Å²) in [6.07, 6.45) is 0. The number of hydrogen-bond acceptors (Lipinski definition) is 9. The number of amides is 1. The fraction of sp³-hybridized carbons (Fsp3) is 0.0909. The summed E-state index contributed by atoms with van der Waals surface area (Å²) in [5.74, 6) is -0.688. The summed E-state index contributed by atoms with van der Waals surface area (Å²) in [5.41, 5.74) is 3.62. The summed E-state index contributed by atoms with van der Waals surface area (Å²) >= 11 is 1.36. The Kier molecular flexibility index (Phi) is 6.54. The molecule has 0 saturated heterocycles. The highest BCUT2D eigenvalue weighted by atomic mass is 32.1. The van der Waals surface area contributed by atoms with Crippen LogP contribution in [0.5, 0.6) is 5.88 Å². The quantitative estimate of drug-likeness (QED) is 0.422. The van der Waals surface area contributed by atoms with E-state index in [4.69, 9.17) is 9.84 Å². The van der Waals surface area contributed by atoms with Crippen molar-refractivity contribution in [3.05, 3.63) is 71.9 Å². The lowest BCUT2D eigenvalue weighted by Gasteiger charge is -2.11. The van der Waals surface area contributed by atoms with E-state index < -0.39 is 18.3 Å². The highest BCUT2D eigenvalue weighted by molar-refractivity contribution is 7.12. The van der Waals surface area contributed by atoms with Crippen LogP contribution in [0.2, 0.25) is 0 Å². The number of aromatic nitrogens is 4. The van der Waals surface area contributed by atoms with Crippen molar-refractivity contribution in [2.45, 2.75) is 0 Å². The third kappa shape index (κ3) is 4.99.